The van der Waals surface area contributed by atoms with Crippen molar-refractivity contribution >= 4 is 6.03 Å². The lowest BCUT2D eigenvalue weighted by atomic mass is 11.0. The van der Waals surface area contributed by atoms with Crippen molar-refractivity contribution in [2.24, 2.45) is 5.73 Å². The van der Waals surface area contributed by atoms with Crippen molar-refractivity contribution in [1.82, 2.24) is 10.3 Å². The van der Waals surface area contributed by atoms with Crippen LogP contribution in [0.25, 0.3) is 0 Å². The largest absolute Gasteiger partial charge is 0.743 e. The fraction of sp³-hybridized carbons (Fsp3) is 0.500. The summed E-state index contributed by atoms with van der Waals surface area (Å²) in [6.45, 7) is 0. The van der Waals surface area contributed by atoms with Gasteiger partial charge in [0.25, 0.3) is 0 Å². The number of hydrazine groups is 1. The molecule has 0 unspecified atom stereocenters. The fourth-order valence-corrected chi connectivity index (χ4v) is 0.0843. The van der Waals surface area contributed by atoms with E-state index in [0.717, 1.165) is 7.05 Å². The van der Waals surface area contributed by atoms with E-state index >= 15 is 0 Å². The van der Waals surface area contributed by atoms with Gasteiger partial charge in [0.15, 0.2) is 0 Å². The molecule has 8 heavy (non-hydrogen) atoms. The number of nitrogens with two attached hydrogens (primary N) is 1. The molecule has 6 nitrogen and oxygen atoms in total. The molecule has 0 aromatic heterocycles. The number of hydrogen-bond donors (Lipinski definition) is 2. The smallest absolute Gasteiger partial charge is 0.330 e. The number of hydrogen-bond acceptors (Lipinski definition) is 4. The van der Waals surface area contributed by atoms with E-state index in [1.807, 2.05) is 0 Å². The first kappa shape index (κ1) is 7.15. The van der Waals surface area contributed by atoms with Gasteiger partial charge in [0.2, 0.25) is 0 Å². The van der Waals surface area contributed by atoms with Crippen LogP contribution in [-0.4, -0.2) is 28.6 Å². The molecule has 0 aromatic rings. The van der Waals surface area contributed by atoms with Crippen molar-refractivity contribution in [3.8, 4) is 0 Å². The minimum atomic E-state index is -1.01. The molecule has 0 aliphatic heterocycles. The highest BCUT2D eigenvalue weighted by Crippen LogP contribution is 1.82. The molecule has 0 rings (SSSR count). The van der Waals surface area contributed by atoms with Gasteiger partial charge in [-0.3, -0.25) is 0 Å². The predicted octanol–water partition coefficient (Wildman–Crippen LogP) is -0.899. The molecule has 0 radical (unpaired) electrons. The number of nitrogens with zero attached hydrogens (tertiary/aromatic N) is 2. The molecule has 3 N–H and O–H groups in total. The molecule has 0 aliphatic rings. The third-order valence-corrected chi connectivity index (χ3v) is 0.576. The molecule has 0 spiro atoms. The monoisotopic (exact) mass is 120 g/mol. The lowest BCUT2D eigenvalue weighted by Gasteiger charge is -2.28. The van der Waals surface area contributed by atoms with Gasteiger partial charge in [-0.25, -0.2) is 9.80 Å². The first-order valence-electron chi connectivity index (χ1n) is 1.75. The van der Waals surface area contributed by atoms with Crippen LogP contribution in [0.15, 0.2) is 0 Å². The summed E-state index contributed by atoms with van der Waals surface area (Å²) in [7, 11) is 1.04. The van der Waals surface area contributed by atoms with Crippen LogP contribution in [0.5, 0.6) is 0 Å². The van der Waals surface area contributed by atoms with Crippen LogP contribution in [0.4, 0.5) is 4.79 Å². The molecule has 0 saturated carbocycles. The van der Waals surface area contributed by atoms with E-state index in [4.69, 9.17) is 5.21 Å². The Balaban J connectivity index is 3.64. The van der Waals surface area contributed by atoms with E-state index in [1.165, 1.54) is 0 Å². The quantitative estimate of drug-likeness (QED) is 0.438. The summed E-state index contributed by atoms with van der Waals surface area (Å²) >= 11 is 0. The maximum absolute atomic E-state index is 9.89. The lowest BCUT2D eigenvalue weighted by Crippen LogP contribution is -2.41. The summed E-state index contributed by atoms with van der Waals surface area (Å²) in [4.78, 5) is 9.89. The molecule has 2 amide bonds. The minimum Gasteiger partial charge on any atom is -0.743 e. The van der Waals surface area contributed by atoms with Crippen molar-refractivity contribution in [2.45, 2.75) is 0 Å². The van der Waals surface area contributed by atoms with Crippen LogP contribution in [-0.2, 0) is 0 Å². The predicted molar refractivity (Wildman–Crippen MR) is 24.3 cm³/mol. The SMILES string of the molecule is CN(C(N)=O)N([O-])O. The average Bonchev–Trinajstić information content (AvgIpc) is 1.64. The molecular weight excluding hydrogens is 114 g/mol. The first-order chi connectivity index (χ1) is 3.55. The summed E-state index contributed by atoms with van der Waals surface area (Å²) in [6, 6.07) is -1.01. The molecule has 0 aromatic carbocycles. The molecule has 0 fully saturated rings. The fourth-order valence-electron chi connectivity index (χ4n) is 0.0843. The number of carbonyl (C=O) groups is 1. The van der Waals surface area contributed by atoms with E-state index < -0.39 is 11.4 Å². The molecule has 0 aliphatic carbocycles. The first-order valence-corrected chi connectivity index (χ1v) is 1.75. The molecule has 0 bridgehead atoms. The zero-order chi connectivity index (χ0) is 6.73. The standard InChI is InChI=1S/C2H6N3O3/c1-4(2(3)6)5(7)8/h7H,1H3,(H2,3,6)/q-1. The molecule has 0 heterocycles. The third kappa shape index (κ3) is 1.73. The Labute approximate surface area is 45.6 Å². The highest BCUT2D eigenvalue weighted by molar-refractivity contribution is 5.70. The van der Waals surface area contributed by atoms with Gasteiger partial charge in [0.1, 0.15) is 0 Å². The van der Waals surface area contributed by atoms with Crippen molar-refractivity contribution < 1.29 is 10.0 Å². The van der Waals surface area contributed by atoms with Gasteiger partial charge in [-0.1, -0.05) is 0 Å². The second kappa shape index (κ2) is 2.46. The van der Waals surface area contributed by atoms with Crippen molar-refractivity contribution in [2.75, 3.05) is 7.05 Å². The van der Waals surface area contributed by atoms with Crippen LogP contribution in [0.2, 0.25) is 0 Å². The van der Waals surface area contributed by atoms with Gasteiger partial charge in [-0.15, -0.1) is 0 Å². The lowest BCUT2D eigenvalue weighted by molar-refractivity contribution is -0.165. The maximum atomic E-state index is 9.89. The van der Waals surface area contributed by atoms with Gasteiger partial charge in [-0.05, 0) is 0 Å². The summed E-state index contributed by atoms with van der Waals surface area (Å²) in [5, 5.41) is 17.2. The molecule has 0 atom stereocenters. The maximum Gasteiger partial charge on any atom is 0.330 e. The van der Waals surface area contributed by atoms with E-state index in [-0.39, 0.29) is 0 Å². The molecule has 48 valence electrons. The van der Waals surface area contributed by atoms with Gasteiger partial charge in [0.05, 0.1) is 0 Å². The number of rotatable bonds is 1. The second-order valence-corrected chi connectivity index (χ2v) is 1.11. The Morgan fingerprint density at radius 3 is 2.25 bits per heavy atom. The van der Waals surface area contributed by atoms with E-state index in [1.54, 1.807) is 0 Å². The highest BCUT2D eigenvalue weighted by atomic mass is 16.8. The highest BCUT2D eigenvalue weighted by Gasteiger charge is 1.99. The van der Waals surface area contributed by atoms with Crippen LogP contribution >= 0.6 is 0 Å². The summed E-state index contributed by atoms with van der Waals surface area (Å²) < 4.78 is 0. The van der Waals surface area contributed by atoms with Gasteiger partial charge in [0, 0.05) is 7.05 Å². The average molecular weight is 120 g/mol. The Bertz CT molecular complexity index is 92.5. The Morgan fingerprint density at radius 1 is 1.88 bits per heavy atom. The van der Waals surface area contributed by atoms with E-state index in [2.05, 4.69) is 5.73 Å². The van der Waals surface area contributed by atoms with Crippen molar-refractivity contribution in [3.05, 3.63) is 5.21 Å². The van der Waals surface area contributed by atoms with Gasteiger partial charge < -0.3 is 16.1 Å². The number of urea groups is 1. The van der Waals surface area contributed by atoms with Crippen LogP contribution in [0.3, 0.4) is 0 Å². The van der Waals surface area contributed by atoms with Crippen LogP contribution in [0.1, 0.15) is 0 Å². The van der Waals surface area contributed by atoms with E-state index in [0.29, 0.717) is 5.01 Å². The normalized spacial score (nSPS) is 9.50. The van der Waals surface area contributed by atoms with Gasteiger partial charge >= 0.3 is 6.03 Å². The number of amides is 2. The zero-order valence-electron chi connectivity index (χ0n) is 4.24. The van der Waals surface area contributed by atoms with Crippen LogP contribution < -0.4 is 5.73 Å². The van der Waals surface area contributed by atoms with Crippen molar-refractivity contribution in [3.63, 3.8) is 0 Å². The van der Waals surface area contributed by atoms with Gasteiger partial charge in [-0.2, -0.15) is 5.34 Å². The topological polar surface area (TPSA) is 92.9 Å². The summed E-state index contributed by atoms with van der Waals surface area (Å²) in [5.41, 5.74) is 4.52. The van der Waals surface area contributed by atoms with Crippen molar-refractivity contribution in [1.29, 1.82) is 0 Å². The zero-order valence-corrected chi connectivity index (χ0v) is 4.24. The Kier molecular flexibility index (Phi) is 2.19. The number of carbonyl (C=O) groups excluding carboxylic acids is 1. The molecule has 0 saturated heterocycles. The van der Waals surface area contributed by atoms with E-state index in [9.17, 15) is 10.0 Å². The molecule has 6 heteroatoms. The minimum absolute atomic E-state index is 0.306. The summed E-state index contributed by atoms with van der Waals surface area (Å²) in [6.07, 6.45) is 0. The number of primary amides is 1. The third-order valence-electron chi connectivity index (χ3n) is 0.576. The second-order valence-electron chi connectivity index (χ2n) is 1.11. The Hall–Kier alpha value is -0.850. The summed E-state index contributed by atoms with van der Waals surface area (Å²) in [5.74, 6) is 0. The molecular formula is C2H6N3O3-. The Morgan fingerprint density at radius 2 is 2.25 bits per heavy atom. The van der Waals surface area contributed by atoms with Crippen LogP contribution in [0, 0.1) is 5.21 Å².